The second-order valence-electron chi connectivity index (χ2n) is 7.56. The number of aromatic nitrogens is 3. The van der Waals surface area contributed by atoms with E-state index >= 15 is 0 Å². The first kappa shape index (κ1) is 21.3. The van der Waals surface area contributed by atoms with Crippen LogP contribution in [0, 0.1) is 0 Å². The third kappa shape index (κ3) is 4.78. The molecule has 4 heterocycles. The van der Waals surface area contributed by atoms with Crippen LogP contribution in [0.4, 0.5) is 0 Å². The minimum Gasteiger partial charge on any atom is -0.466 e. The summed E-state index contributed by atoms with van der Waals surface area (Å²) >= 11 is 4.96. The van der Waals surface area contributed by atoms with Crippen LogP contribution in [-0.4, -0.2) is 58.7 Å². The van der Waals surface area contributed by atoms with Gasteiger partial charge in [0.1, 0.15) is 15.7 Å². The van der Waals surface area contributed by atoms with Gasteiger partial charge >= 0.3 is 5.97 Å². The number of fused-ring (bicyclic) bond motifs is 3. The number of hydrogen-bond acceptors (Lipinski definition) is 10. The number of ether oxygens (including phenoxy) is 2. The SMILES string of the molecule is CCOC(=O)Cc1csc(Sc2nc(CN3CCOCC3)nc3sc4c(c23)CCC4)n1. The molecule has 0 amide bonds. The number of aryl methyl sites for hydroxylation is 2. The molecule has 1 saturated heterocycles. The molecule has 0 saturated carbocycles. The summed E-state index contributed by atoms with van der Waals surface area (Å²) in [6.07, 6.45) is 3.65. The lowest BCUT2D eigenvalue weighted by molar-refractivity contribution is -0.142. The molecule has 1 aliphatic carbocycles. The predicted octanol–water partition coefficient (Wildman–Crippen LogP) is 3.73. The molecule has 1 aliphatic heterocycles. The van der Waals surface area contributed by atoms with Crippen LogP contribution in [-0.2, 0) is 40.1 Å². The Morgan fingerprint density at radius 2 is 2.13 bits per heavy atom. The molecule has 3 aromatic rings. The van der Waals surface area contributed by atoms with E-state index in [0.717, 1.165) is 71.4 Å². The molecule has 0 spiro atoms. The van der Waals surface area contributed by atoms with E-state index in [9.17, 15) is 4.79 Å². The number of carbonyl (C=O) groups excluding carboxylic acids is 1. The van der Waals surface area contributed by atoms with Crippen molar-refractivity contribution < 1.29 is 14.3 Å². The highest BCUT2D eigenvalue weighted by Crippen LogP contribution is 2.42. The third-order valence-corrected chi connectivity index (χ3v) is 8.55. The van der Waals surface area contributed by atoms with E-state index in [4.69, 9.17) is 19.4 Å². The van der Waals surface area contributed by atoms with Gasteiger partial charge in [0.05, 0.1) is 38.5 Å². The first-order valence-electron chi connectivity index (χ1n) is 10.6. The van der Waals surface area contributed by atoms with Crippen LogP contribution in [0.1, 0.15) is 35.3 Å². The van der Waals surface area contributed by atoms with Crippen LogP contribution in [0.3, 0.4) is 0 Å². The maximum Gasteiger partial charge on any atom is 0.311 e. The number of thiophene rings is 1. The molecule has 0 unspecified atom stereocenters. The smallest absolute Gasteiger partial charge is 0.311 e. The van der Waals surface area contributed by atoms with Crippen LogP contribution >= 0.6 is 34.4 Å². The quantitative estimate of drug-likeness (QED) is 0.377. The number of carbonyl (C=O) groups is 1. The summed E-state index contributed by atoms with van der Waals surface area (Å²) in [5, 5.41) is 4.13. The first-order chi connectivity index (χ1) is 15.2. The van der Waals surface area contributed by atoms with Gasteiger partial charge in [-0.15, -0.1) is 22.7 Å². The average Bonchev–Trinajstić information content (AvgIpc) is 3.45. The molecule has 31 heavy (non-hydrogen) atoms. The maximum absolute atomic E-state index is 11.8. The molecule has 10 heteroatoms. The number of rotatable bonds is 7. The fraction of sp³-hybridized carbons (Fsp3) is 0.524. The summed E-state index contributed by atoms with van der Waals surface area (Å²) in [5.41, 5.74) is 2.17. The van der Waals surface area contributed by atoms with Gasteiger partial charge in [0.15, 0.2) is 4.34 Å². The summed E-state index contributed by atoms with van der Waals surface area (Å²) in [7, 11) is 0. The van der Waals surface area contributed by atoms with Crippen LogP contribution in [0.15, 0.2) is 14.7 Å². The zero-order valence-electron chi connectivity index (χ0n) is 17.4. The van der Waals surface area contributed by atoms with E-state index in [1.54, 1.807) is 23.1 Å². The summed E-state index contributed by atoms with van der Waals surface area (Å²) < 4.78 is 11.4. The molecule has 164 valence electrons. The van der Waals surface area contributed by atoms with Crippen molar-refractivity contribution >= 4 is 50.6 Å². The van der Waals surface area contributed by atoms with Crippen molar-refractivity contribution in [3.63, 3.8) is 0 Å². The second-order valence-corrected chi connectivity index (χ2v) is 10.7. The summed E-state index contributed by atoms with van der Waals surface area (Å²) in [4.78, 5) is 31.3. The molecule has 1 fully saturated rings. The Balaban J connectivity index is 1.43. The normalized spacial score (nSPS) is 16.7. The van der Waals surface area contributed by atoms with Gasteiger partial charge in [-0.25, -0.2) is 15.0 Å². The minimum absolute atomic E-state index is 0.209. The Hall–Kier alpha value is -1.59. The topological polar surface area (TPSA) is 77.4 Å². The summed E-state index contributed by atoms with van der Waals surface area (Å²) in [6, 6.07) is 0. The lowest BCUT2D eigenvalue weighted by Gasteiger charge is -2.25. The largest absolute Gasteiger partial charge is 0.466 e. The van der Waals surface area contributed by atoms with Gasteiger partial charge in [0.2, 0.25) is 0 Å². The monoisotopic (exact) mass is 476 g/mol. The Morgan fingerprint density at radius 3 is 2.97 bits per heavy atom. The zero-order chi connectivity index (χ0) is 21.2. The van der Waals surface area contributed by atoms with Crippen molar-refractivity contribution in [2.45, 2.75) is 48.5 Å². The number of nitrogens with zero attached hydrogens (tertiary/aromatic N) is 4. The van der Waals surface area contributed by atoms with Gasteiger partial charge in [0, 0.05) is 28.7 Å². The van der Waals surface area contributed by atoms with E-state index in [1.165, 1.54) is 22.2 Å². The molecule has 5 rings (SSSR count). The zero-order valence-corrected chi connectivity index (χ0v) is 19.8. The number of thiazole rings is 1. The average molecular weight is 477 g/mol. The van der Waals surface area contributed by atoms with Crippen molar-refractivity contribution in [2.24, 2.45) is 0 Å². The number of esters is 1. The lowest BCUT2D eigenvalue weighted by Crippen LogP contribution is -2.36. The van der Waals surface area contributed by atoms with Crippen molar-refractivity contribution in [3.8, 4) is 0 Å². The van der Waals surface area contributed by atoms with E-state index in [-0.39, 0.29) is 12.4 Å². The van der Waals surface area contributed by atoms with E-state index in [0.29, 0.717) is 6.61 Å². The standard InChI is InChI=1S/C21H24N4O3S3/c1-2-28-17(26)10-13-12-29-21(22-13)31-20-18-14-4-3-5-15(14)30-19(18)23-16(24-20)11-25-6-8-27-9-7-25/h12H,2-11H2,1H3. The molecule has 0 N–H and O–H groups in total. The molecule has 0 radical (unpaired) electrons. The van der Waals surface area contributed by atoms with Crippen LogP contribution < -0.4 is 0 Å². The van der Waals surface area contributed by atoms with E-state index in [1.807, 2.05) is 23.6 Å². The van der Waals surface area contributed by atoms with Gasteiger partial charge in [-0.2, -0.15) is 0 Å². The highest BCUT2D eigenvalue weighted by molar-refractivity contribution is 8.01. The van der Waals surface area contributed by atoms with Gasteiger partial charge < -0.3 is 9.47 Å². The number of morpholine rings is 1. The molecule has 0 aromatic carbocycles. The first-order valence-corrected chi connectivity index (χ1v) is 13.1. The minimum atomic E-state index is -0.239. The highest BCUT2D eigenvalue weighted by Gasteiger charge is 2.24. The molecule has 3 aromatic heterocycles. The fourth-order valence-corrected chi connectivity index (χ4v) is 7.23. The van der Waals surface area contributed by atoms with Gasteiger partial charge in [-0.05, 0) is 43.5 Å². The Bertz CT molecular complexity index is 1090. The van der Waals surface area contributed by atoms with Crippen molar-refractivity contribution in [1.82, 2.24) is 19.9 Å². The molecule has 2 aliphatic rings. The maximum atomic E-state index is 11.8. The lowest BCUT2D eigenvalue weighted by atomic mass is 10.2. The van der Waals surface area contributed by atoms with Crippen molar-refractivity contribution in [1.29, 1.82) is 0 Å². The summed E-state index contributed by atoms with van der Waals surface area (Å²) in [5.74, 6) is 0.623. The highest BCUT2D eigenvalue weighted by atomic mass is 32.2. The second kappa shape index (κ2) is 9.50. The van der Waals surface area contributed by atoms with E-state index in [2.05, 4.69) is 9.88 Å². The molecule has 0 bridgehead atoms. The van der Waals surface area contributed by atoms with Gasteiger partial charge in [-0.1, -0.05) is 0 Å². The summed E-state index contributed by atoms with van der Waals surface area (Å²) in [6.45, 7) is 6.29. The Labute approximate surface area is 193 Å². The molecule has 7 nitrogen and oxygen atoms in total. The van der Waals surface area contributed by atoms with Gasteiger partial charge in [-0.3, -0.25) is 9.69 Å². The van der Waals surface area contributed by atoms with Crippen LogP contribution in [0.2, 0.25) is 0 Å². The Morgan fingerprint density at radius 1 is 1.26 bits per heavy atom. The number of hydrogen-bond donors (Lipinski definition) is 0. The van der Waals surface area contributed by atoms with Gasteiger partial charge in [0.25, 0.3) is 0 Å². The molecular weight excluding hydrogens is 452 g/mol. The van der Waals surface area contributed by atoms with Crippen molar-refractivity contribution in [3.05, 3.63) is 27.3 Å². The van der Waals surface area contributed by atoms with Crippen molar-refractivity contribution in [2.75, 3.05) is 32.9 Å². The van der Waals surface area contributed by atoms with E-state index < -0.39 is 0 Å². The third-order valence-electron chi connectivity index (χ3n) is 5.39. The Kier molecular flexibility index (Phi) is 6.51. The predicted molar refractivity (Wildman–Crippen MR) is 122 cm³/mol. The fourth-order valence-electron chi connectivity index (χ4n) is 3.97. The van der Waals surface area contributed by atoms with Crippen LogP contribution in [0.25, 0.3) is 10.2 Å². The molecule has 0 atom stereocenters. The molecular formula is C21H24N4O3S3. The van der Waals surface area contributed by atoms with Crippen LogP contribution in [0.5, 0.6) is 0 Å².